The van der Waals surface area contributed by atoms with E-state index >= 15 is 0 Å². The number of nitrogens with zero attached hydrogens (tertiary/aromatic N) is 1. The molecule has 3 rings (SSSR count). The summed E-state index contributed by atoms with van der Waals surface area (Å²) >= 11 is 0. The zero-order chi connectivity index (χ0) is 20.1. The van der Waals surface area contributed by atoms with Crippen LogP contribution in [0.1, 0.15) is 26.3 Å². The molecule has 0 aliphatic carbocycles. The molecule has 0 aliphatic heterocycles. The van der Waals surface area contributed by atoms with Gasteiger partial charge in [0, 0.05) is 34.6 Å². The van der Waals surface area contributed by atoms with E-state index in [0.717, 1.165) is 11.3 Å². The van der Waals surface area contributed by atoms with E-state index in [9.17, 15) is 19.7 Å². The second-order valence-electron chi connectivity index (χ2n) is 6.10. The molecule has 0 radical (unpaired) electrons. The molecule has 7 heteroatoms. The van der Waals surface area contributed by atoms with Crippen molar-refractivity contribution in [1.82, 2.24) is 0 Å². The van der Waals surface area contributed by atoms with E-state index in [0.29, 0.717) is 16.8 Å². The summed E-state index contributed by atoms with van der Waals surface area (Å²) in [6, 6.07) is 19.3. The van der Waals surface area contributed by atoms with Gasteiger partial charge in [0.2, 0.25) is 0 Å². The van der Waals surface area contributed by atoms with Gasteiger partial charge in [-0.2, -0.15) is 0 Å². The molecule has 0 aromatic heterocycles. The van der Waals surface area contributed by atoms with Gasteiger partial charge in [-0.15, -0.1) is 0 Å². The van der Waals surface area contributed by atoms with Crippen LogP contribution in [-0.4, -0.2) is 16.7 Å². The van der Waals surface area contributed by atoms with Crippen molar-refractivity contribution in [3.8, 4) is 0 Å². The van der Waals surface area contributed by atoms with Crippen LogP contribution in [0.2, 0.25) is 0 Å². The van der Waals surface area contributed by atoms with E-state index in [1.54, 1.807) is 24.3 Å². The summed E-state index contributed by atoms with van der Waals surface area (Å²) in [7, 11) is 0. The largest absolute Gasteiger partial charge is 0.322 e. The highest BCUT2D eigenvalue weighted by molar-refractivity contribution is 6.06. The Morgan fingerprint density at radius 3 is 1.89 bits per heavy atom. The Morgan fingerprint density at radius 2 is 1.32 bits per heavy atom. The zero-order valence-corrected chi connectivity index (χ0v) is 15.0. The Labute approximate surface area is 161 Å². The number of rotatable bonds is 5. The third-order valence-corrected chi connectivity index (χ3v) is 4.14. The number of anilines is 2. The topological polar surface area (TPSA) is 101 Å². The summed E-state index contributed by atoms with van der Waals surface area (Å²) in [6.45, 7) is 1.91. The van der Waals surface area contributed by atoms with Crippen LogP contribution in [0.5, 0.6) is 0 Å². The molecule has 3 aromatic carbocycles. The summed E-state index contributed by atoms with van der Waals surface area (Å²) in [5.74, 6) is -0.644. The Hall–Kier alpha value is -4.00. The minimum Gasteiger partial charge on any atom is -0.322 e. The van der Waals surface area contributed by atoms with Crippen molar-refractivity contribution in [3.05, 3.63) is 99.6 Å². The summed E-state index contributed by atoms with van der Waals surface area (Å²) in [5.41, 5.74) is 2.88. The number of non-ortho nitro benzene ring substituents is 1. The van der Waals surface area contributed by atoms with E-state index in [2.05, 4.69) is 10.6 Å². The minimum absolute atomic E-state index is 0.0828. The maximum atomic E-state index is 12.4. The fraction of sp³-hybridized carbons (Fsp3) is 0.0476. The van der Waals surface area contributed by atoms with Gasteiger partial charge >= 0.3 is 0 Å². The average Bonchev–Trinajstić information content (AvgIpc) is 2.70. The van der Waals surface area contributed by atoms with E-state index in [1.807, 2.05) is 31.2 Å². The second-order valence-corrected chi connectivity index (χ2v) is 6.10. The van der Waals surface area contributed by atoms with Gasteiger partial charge in [-0.25, -0.2) is 0 Å². The lowest BCUT2D eigenvalue weighted by molar-refractivity contribution is -0.384. The lowest BCUT2D eigenvalue weighted by Crippen LogP contribution is -2.14. The standard InChI is InChI=1S/C21H17N3O4/c1-14-4-2-3-5-19(14)23-21(26)15-6-10-17(11-7-15)22-20(25)16-8-12-18(13-9-16)24(27)28/h2-13H,1H3,(H,22,25)(H,23,26). The lowest BCUT2D eigenvalue weighted by Gasteiger charge is -2.09. The molecule has 3 aromatic rings. The van der Waals surface area contributed by atoms with Gasteiger partial charge in [-0.05, 0) is 55.0 Å². The van der Waals surface area contributed by atoms with Crippen LogP contribution in [0, 0.1) is 17.0 Å². The molecule has 28 heavy (non-hydrogen) atoms. The molecular formula is C21H17N3O4. The van der Waals surface area contributed by atoms with Crippen LogP contribution in [0.15, 0.2) is 72.8 Å². The van der Waals surface area contributed by atoms with E-state index in [1.165, 1.54) is 24.3 Å². The number of carbonyl (C=O) groups is 2. The van der Waals surface area contributed by atoms with Crippen molar-refractivity contribution in [2.24, 2.45) is 0 Å². The quantitative estimate of drug-likeness (QED) is 0.509. The maximum absolute atomic E-state index is 12.4. The normalized spacial score (nSPS) is 10.2. The third kappa shape index (κ3) is 4.39. The summed E-state index contributed by atoms with van der Waals surface area (Å²) in [5, 5.41) is 16.2. The monoisotopic (exact) mass is 375 g/mol. The average molecular weight is 375 g/mol. The molecule has 140 valence electrons. The Morgan fingerprint density at radius 1 is 0.786 bits per heavy atom. The fourth-order valence-electron chi connectivity index (χ4n) is 2.55. The number of para-hydroxylation sites is 1. The van der Waals surface area contributed by atoms with Crippen molar-refractivity contribution in [1.29, 1.82) is 0 Å². The molecule has 7 nitrogen and oxygen atoms in total. The highest BCUT2D eigenvalue weighted by Crippen LogP contribution is 2.17. The fourth-order valence-corrected chi connectivity index (χ4v) is 2.55. The molecule has 0 atom stereocenters. The van der Waals surface area contributed by atoms with Crippen molar-refractivity contribution in [2.45, 2.75) is 6.92 Å². The maximum Gasteiger partial charge on any atom is 0.269 e. The second kappa shape index (κ2) is 8.13. The first-order valence-corrected chi connectivity index (χ1v) is 8.47. The molecular weight excluding hydrogens is 358 g/mol. The molecule has 0 bridgehead atoms. The van der Waals surface area contributed by atoms with Gasteiger partial charge in [0.1, 0.15) is 0 Å². The molecule has 0 unspecified atom stereocenters. The number of nitro groups is 1. The van der Waals surface area contributed by atoms with Gasteiger partial charge in [-0.1, -0.05) is 18.2 Å². The number of hydrogen-bond donors (Lipinski definition) is 2. The van der Waals surface area contributed by atoms with Crippen molar-refractivity contribution in [3.63, 3.8) is 0 Å². The van der Waals surface area contributed by atoms with Gasteiger partial charge in [-0.3, -0.25) is 19.7 Å². The van der Waals surface area contributed by atoms with E-state index in [-0.39, 0.29) is 11.6 Å². The number of nitro benzene ring substituents is 1. The Balaban J connectivity index is 1.65. The predicted molar refractivity (Wildman–Crippen MR) is 107 cm³/mol. The highest BCUT2D eigenvalue weighted by Gasteiger charge is 2.11. The molecule has 0 saturated heterocycles. The number of hydrogen-bond acceptors (Lipinski definition) is 4. The van der Waals surface area contributed by atoms with Crippen LogP contribution in [0.4, 0.5) is 17.1 Å². The van der Waals surface area contributed by atoms with Gasteiger partial charge in [0.15, 0.2) is 0 Å². The molecule has 2 amide bonds. The van der Waals surface area contributed by atoms with Gasteiger partial charge in [0.05, 0.1) is 4.92 Å². The highest BCUT2D eigenvalue weighted by atomic mass is 16.6. The van der Waals surface area contributed by atoms with Crippen molar-refractivity contribution in [2.75, 3.05) is 10.6 Å². The Bertz CT molecular complexity index is 1030. The zero-order valence-electron chi connectivity index (χ0n) is 15.0. The number of aryl methyl sites for hydroxylation is 1. The predicted octanol–water partition coefficient (Wildman–Crippen LogP) is 4.41. The van der Waals surface area contributed by atoms with Crippen LogP contribution < -0.4 is 10.6 Å². The van der Waals surface area contributed by atoms with E-state index < -0.39 is 10.8 Å². The minimum atomic E-state index is -0.525. The summed E-state index contributed by atoms with van der Waals surface area (Å²) in [4.78, 5) is 34.7. The molecule has 2 N–H and O–H groups in total. The lowest BCUT2D eigenvalue weighted by atomic mass is 10.1. The van der Waals surface area contributed by atoms with Crippen LogP contribution in [0.3, 0.4) is 0 Å². The summed E-state index contributed by atoms with van der Waals surface area (Å²) in [6.07, 6.45) is 0. The van der Waals surface area contributed by atoms with E-state index in [4.69, 9.17) is 0 Å². The summed E-state index contributed by atoms with van der Waals surface area (Å²) < 4.78 is 0. The number of benzene rings is 3. The number of carbonyl (C=O) groups excluding carboxylic acids is 2. The van der Waals surface area contributed by atoms with Crippen LogP contribution in [0.25, 0.3) is 0 Å². The van der Waals surface area contributed by atoms with Crippen molar-refractivity contribution < 1.29 is 14.5 Å². The third-order valence-electron chi connectivity index (χ3n) is 4.14. The molecule has 0 aliphatic rings. The number of amides is 2. The first-order chi connectivity index (χ1) is 13.4. The van der Waals surface area contributed by atoms with Crippen LogP contribution in [-0.2, 0) is 0 Å². The number of nitrogens with one attached hydrogen (secondary N) is 2. The Kier molecular flexibility index (Phi) is 5.45. The molecule has 0 fully saturated rings. The first kappa shape index (κ1) is 18.8. The van der Waals surface area contributed by atoms with Crippen LogP contribution >= 0.6 is 0 Å². The van der Waals surface area contributed by atoms with Gasteiger partial charge in [0.25, 0.3) is 17.5 Å². The van der Waals surface area contributed by atoms with Crippen molar-refractivity contribution >= 4 is 28.9 Å². The first-order valence-electron chi connectivity index (χ1n) is 8.47. The van der Waals surface area contributed by atoms with Gasteiger partial charge < -0.3 is 10.6 Å². The molecule has 0 heterocycles. The SMILES string of the molecule is Cc1ccccc1NC(=O)c1ccc(NC(=O)c2ccc([N+](=O)[O-])cc2)cc1. The smallest absolute Gasteiger partial charge is 0.269 e. The molecule has 0 saturated carbocycles. The molecule has 0 spiro atoms.